The molecule has 0 aliphatic carbocycles. The Kier molecular flexibility index (Phi) is 8.83. The predicted octanol–water partition coefficient (Wildman–Crippen LogP) is 0.344. The first-order chi connectivity index (χ1) is 8.42. The van der Waals surface area contributed by atoms with Crippen molar-refractivity contribution in [2.24, 2.45) is 11.7 Å². The van der Waals surface area contributed by atoms with E-state index in [1.807, 2.05) is 6.26 Å². The molecule has 106 valence electrons. The van der Waals surface area contributed by atoms with Gasteiger partial charge in [0.15, 0.2) is 0 Å². The van der Waals surface area contributed by atoms with Gasteiger partial charge >= 0.3 is 0 Å². The molecule has 0 radical (unpaired) electrons. The summed E-state index contributed by atoms with van der Waals surface area (Å²) in [5.41, 5.74) is 5.29. The molecule has 6 heteroatoms. The highest BCUT2D eigenvalue weighted by atomic mass is 32.2. The van der Waals surface area contributed by atoms with E-state index >= 15 is 0 Å². The maximum Gasteiger partial charge on any atom is 0.240 e. The molecule has 18 heavy (non-hydrogen) atoms. The summed E-state index contributed by atoms with van der Waals surface area (Å²) >= 11 is 1.62. The Hall–Kier alpha value is -0.750. The van der Waals surface area contributed by atoms with Gasteiger partial charge in [0.05, 0.1) is 6.04 Å². The highest BCUT2D eigenvalue weighted by Crippen LogP contribution is 2.06. The van der Waals surface area contributed by atoms with Crippen LogP contribution in [0, 0.1) is 5.92 Å². The van der Waals surface area contributed by atoms with Gasteiger partial charge in [-0.2, -0.15) is 11.8 Å². The number of hydrogen-bond donors (Lipinski definition) is 3. The van der Waals surface area contributed by atoms with Crippen LogP contribution in [0.3, 0.4) is 0 Å². The molecule has 2 amide bonds. The average Bonchev–Trinajstić information content (AvgIpc) is 2.30. The van der Waals surface area contributed by atoms with Crippen molar-refractivity contribution >= 4 is 23.6 Å². The molecule has 0 spiro atoms. The average molecular weight is 275 g/mol. The minimum Gasteiger partial charge on any atom is -0.368 e. The van der Waals surface area contributed by atoms with Crippen LogP contribution < -0.4 is 16.4 Å². The zero-order valence-electron chi connectivity index (χ0n) is 11.7. The molecule has 0 aromatic heterocycles. The number of nitrogens with two attached hydrogens (primary N) is 1. The Bertz CT molecular complexity index is 272. The Morgan fingerprint density at radius 1 is 1.28 bits per heavy atom. The fourth-order valence-electron chi connectivity index (χ4n) is 1.62. The zero-order chi connectivity index (χ0) is 14.1. The Labute approximate surface area is 114 Å². The summed E-state index contributed by atoms with van der Waals surface area (Å²) in [4.78, 5) is 23.3. The zero-order valence-corrected chi connectivity index (χ0v) is 12.5. The van der Waals surface area contributed by atoms with Gasteiger partial charge in [-0.05, 0) is 37.8 Å². The second-order valence-corrected chi connectivity index (χ2v) is 5.70. The van der Waals surface area contributed by atoms with Crippen molar-refractivity contribution in [1.29, 1.82) is 0 Å². The third kappa shape index (κ3) is 6.86. The maximum absolute atomic E-state index is 12.0. The van der Waals surface area contributed by atoms with Crippen LogP contribution in [0.4, 0.5) is 0 Å². The van der Waals surface area contributed by atoms with Crippen molar-refractivity contribution in [1.82, 2.24) is 10.6 Å². The number of rotatable bonds is 9. The van der Waals surface area contributed by atoms with Gasteiger partial charge < -0.3 is 16.4 Å². The van der Waals surface area contributed by atoms with Crippen LogP contribution in [0.1, 0.15) is 26.7 Å². The molecular weight excluding hydrogens is 250 g/mol. The molecule has 0 bridgehead atoms. The molecule has 5 nitrogen and oxygen atoms in total. The van der Waals surface area contributed by atoms with Crippen molar-refractivity contribution in [3.8, 4) is 0 Å². The van der Waals surface area contributed by atoms with Crippen molar-refractivity contribution in [3.63, 3.8) is 0 Å². The molecule has 0 rings (SSSR count). The van der Waals surface area contributed by atoms with Crippen LogP contribution in [0.2, 0.25) is 0 Å². The number of likely N-dealkylation sites (N-methyl/N-ethyl adjacent to an activating group) is 1. The molecule has 0 saturated carbocycles. The highest BCUT2D eigenvalue weighted by Gasteiger charge is 2.23. The molecule has 2 unspecified atom stereocenters. The molecule has 4 N–H and O–H groups in total. The highest BCUT2D eigenvalue weighted by molar-refractivity contribution is 7.98. The monoisotopic (exact) mass is 275 g/mol. The van der Waals surface area contributed by atoms with Crippen molar-refractivity contribution in [3.05, 3.63) is 0 Å². The van der Waals surface area contributed by atoms with Gasteiger partial charge in [0.25, 0.3) is 0 Å². The number of nitrogens with one attached hydrogen (secondary N) is 2. The molecule has 0 fully saturated rings. The quantitative estimate of drug-likeness (QED) is 0.567. The lowest BCUT2D eigenvalue weighted by Gasteiger charge is -2.21. The Morgan fingerprint density at radius 3 is 2.28 bits per heavy atom. The Balaban J connectivity index is 4.41. The van der Waals surface area contributed by atoms with E-state index in [2.05, 4.69) is 24.5 Å². The summed E-state index contributed by atoms with van der Waals surface area (Å²) < 4.78 is 0. The van der Waals surface area contributed by atoms with Gasteiger partial charge in [0, 0.05) is 0 Å². The lowest BCUT2D eigenvalue weighted by Crippen LogP contribution is -2.51. The second-order valence-electron chi connectivity index (χ2n) is 4.72. The molecule has 0 aliphatic rings. The van der Waals surface area contributed by atoms with E-state index in [0.29, 0.717) is 12.3 Å². The van der Waals surface area contributed by atoms with Crippen LogP contribution in [0.15, 0.2) is 0 Å². The summed E-state index contributed by atoms with van der Waals surface area (Å²) in [7, 11) is 1.74. The van der Waals surface area contributed by atoms with E-state index in [4.69, 9.17) is 5.73 Å². The lowest BCUT2D eigenvalue weighted by atomic mass is 10.0. The first-order valence-electron chi connectivity index (χ1n) is 6.18. The van der Waals surface area contributed by atoms with Gasteiger partial charge in [-0.3, -0.25) is 9.59 Å². The molecule has 0 heterocycles. The third-order valence-corrected chi connectivity index (χ3v) is 3.29. The first kappa shape index (κ1) is 17.2. The molecule has 0 aromatic rings. The van der Waals surface area contributed by atoms with Gasteiger partial charge in [0.1, 0.15) is 6.04 Å². The third-order valence-electron chi connectivity index (χ3n) is 2.64. The standard InChI is InChI=1S/C12H25N3O2S/c1-8(2)7-10(14-3)12(17)15-9(11(13)16)5-6-18-4/h8-10,14H,5-7H2,1-4H3,(H2,13,16)(H,15,17). The fraction of sp³-hybridized carbons (Fsp3) is 0.833. The summed E-state index contributed by atoms with van der Waals surface area (Å²) in [6.07, 6.45) is 3.26. The second kappa shape index (κ2) is 9.22. The molecule has 0 aliphatic heterocycles. The Morgan fingerprint density at radius 2 is 1.89 bits per heavy atom. The SMILES string of the molecule is CNC(CC(C)C)C(=O)NC(CCSC)C(N)=O. The van der Waals surface area contributed by atoms with E-state index < -0.39 is 11.9 Å². The van der Waals surface area contributed by atoms with Crippen LogP contribution in [0.25, 0.3) is 0 Å². The summed E-state index contributed by atoms with van der Waals surface area (Å²) in [6.45, 7) is 4.10. The van der Waals surface area contributed by atoms with E-state index in [1.165, 1.54) is 0 Å². The summed E-state index contributed by atoms with van der Waals surface area (Å²) in [5.74, 6) is 0.571. The van der Waals surface area contributed by atoms with Crippen molar-refractivity contribution in [2.45, 2.75) is 38.8 Å². The predicted molar refractivity (Wildman–Crippen MR) is 76.4 cm³/mol. The number of amides is 2. The summed E-state index contributed by atoms with van der Waals surface area (Å²) in [6, 6.07) is -0.853. The summed E-state index contributed by atoms with van der Waals surface area (Å²) in [5, 5.41) is 5.68. The smallest absolute Gasteiger partial charge is 0.240 e. The minimum atomic E-state index is -0.576. The van der Waals surface area contributed by atoms with Crippen LogP contribution >= 0.6 is 11.8 Å². The number of carbonyl (C=O) groups is 2. The molecule has 0 aromatic carbocycles. The van der Waals surface area contributed by atoms with E-state index in [-0.39, 0.29) is 11.9 Å². The van der Waals surface area contributed by atoms with Crippen LogP contribution in [-0.2, 0) is 9.59 Å². The number of primary amides is 1. The van der Waals surface area contributed by atoms with E-state index in [9.17, 15) is 9.59 Å². The molecular formula is C12H25N3O2S. The number of carbonyl (C=O) groups excluding carboxylic acids is 2. The van der Waals surface area contributed by atoms with E-state index in [1.54, 1.807) is 18.8 Å². The van der Waals surface area contributed by atoms with Crippen LogP contribution in [-0.4, -0.2) is 43.0 Å². The van der Waals surface area contributed by atoms with Crippen molar-refractivity contribution < 1.29 is 9.59 Å². The normalized spacial score (nSPS) is 14.3. The fourth-order valence-corrected chi connectivity index (χ4v) is 2.09. The topological polar surface area (TPSA) is 84.2 Å². The first-order valence-corrected chi connectivity index (χ1v) is 7.57. The van der Waals surface area contributed by atoms with Crippen molar-refractivity contribution in [2.75, 3.05) is 19.1 Å². The van der Waals surface area contributed by atoms with Gasteiger partial charge in [-0.25, -0.2) is 0 Å². The van der Waals surface area contributed by atoms with Gasteiger partial charge in [-0.15, -0.1) is 0 Å². The van der Waals surface area contributed by atoms with Crippen LogP contribution in [0.5, 0.6) is 0 Å². The van der Waals surface area contributed by atoms with E-state index in [0.717, 1.165) is 12.2 Å². The van der Waals surface area contributed by atoms with Gasteiger partial charge in [-0.1, -0.05) is 13.8 Å². The lowest BCUT2D eigenvalue weighted by molar-refractivity contribution is -0.128. The van der Waals surface area contributed by atoms with Gasteiger partial charge in [0.2, 0.25) is 11.8 Å². The largest absolute Gasteiger partial charge is 0.368 e. The minimum absolute atomic E-state index is 0.156. The maximum atomic E-state index is 12.0. The molecule has 0 saturated heterocycles. The number of hydrogen-bond acceptors (Lipinski definition) is 4. The molecule has 2 atom stereocenters. The number of thioether (sulfide) groups is 1.